The summed E-state index contributed by atoms with van der Waals surface area (Å²) in [5.41, 5.74) is 3.00. The average molecular weight is 334 g/mol. The summed E-state index contributed by atoms with van der Waals surface area (Å²) >= 11 is 0. The average Bonchev–Trinajstić information content (AvgIpc) is 3.00. The van der Waals surface area contributed by atoms with Crippen LogP contribution in [0.1, 0.15) is 17.7 Å². The number of anilines is 1. The second kappa shape index (κ2) is 6.57. The van der Waals surface area contributed by atoms with Crippen molar-refractivity contribution >= 4 is 16.0 Å². The maximum absolute atomic E-state index is 10.9. The Hall–Kier alpha value is -2.10. The summed E-state index contributed by atoms with van der Waals surface area (Å²) in [5.74, 6) is 1.38. The van der Waals surface area contributed by atoms with E-state index in [0.29, 0.717) is 12.4 Å². The molecule has 0 fully saturated rings. The number of hydrogen-bond acceptors (Lipinski definition) is 6. The first-order valence-electron chi connectivity index (χ1n) is 7.34. The molecule has 4 N–H and O–H groups in total. The molecule has 8 nitrogen and oxygen atoms in total. The topological polar surface area (TPSA) is 123 Å². The van der Waals surface area contributed by atoms with Crippen molar-refractivity contribution in [1.29, 1.82) is 0 Å². The standard InChI is InChI=1S/C14H18N6O2S/c15-23(21,22)18-8-7-17-14-11-4-1-5-12(11)19-13(20-14)10-3-2-6-16-9-10/h2-3,6,9,18H,1,4-5,7-8H2,(H2,15,21,22)(H,17,19,20). The van der Waals surface area contributed by atoms with E-state index < -0.39 is 10.2 Å². The summed E-state index contributed by atoms with van der Waals surface area (Å²) in [7, 11) is -3.67. The van der Waals surface area contributed by atoms with Crippen molar-refractivity contribution < 1.29 is 8.42 Å². The van der Waals surface area contributed by atoms with E-state index in [1.807, 2.05) is 12.1 Å². The van der Waals surface area contributed by atoms with Gasteiger partial charge in [-0.3, -0.25) is 4.98 Å². The molecule has 1 aliphatic rings. The molecule has 0 unspecified atom stereocenters. The Morgan fingerprint density at radius 3 is 2.83 bits per heavy atom. The van der Waals surface area contributed by atoms with Crippen LogP contribution in [0.4, 0.5) is 5.82 Å². The lowest BCUT2D eigenvalue weighted by molar-refractivity contribution is 0.584. The molecular weight excluding hydrogens is 316 g/mol. The SMILES string of the molecule is NS(=O)(=O)NCCNc1nc(-c2cccnc2)nc2c1CCC2. The number of nitrogens with two attached hydrogens (primary N) is 1. The first-order valence-corrected chi connectivity index (χ1v) is 8.89. The van der Waals surface area contributed by atoms with Crippen molar-refractivity contribution in [2.45, 2.75) is 19.3 Å². The normalized spacial score (nSPS) is 13.8. The smallest absolute Gasteiger partial charge is 0.274 e. The Bertz CT molecular complexity index is 794. The molecule has 2 aromatic rings. The van der Waals surface area contributed by atoms with E-state index in [2.05, 4.69) is 25.0 Å². The molecule has 1 aliphatic carbocycles. The van der Waals surface area contributed by atoms with Gasteiger partial charge in [0.2, 0.25) is 0 Å². The van der Waals surface area contributed by atoms with Crippen molar-refractivity contribution in [3.8, 4) is 11.4 Å². The molecule has 2 heterocycles. The molecule has 0 aliphatic heterocycles. The van der Waals surface area contributed by atoms with E-state index in [1.54, 1.807) is 12.4 Å². The van der Waals surface area contributed by atoms with Gasteiger partial charge in [0.05, 0.1) is 0 Å². The molecule has 0 aromatic carbocycles. The molecule has 0 spiro atoms. The summed E-state index contributed by atoms with van der Waals surface area (Å²) in [6, 6.07) is 3.76. The Kier molecular flexibility index (Phi) is 4.51. The highest BCUT2D eigenvalue weighted by Crippen LogP contribution is 2.28. The molecule has 0 saturated carbocycles. The predicted octanol–water partition coefficient (Wildman–Crippen LogP) is 0.232. The Morgan fingerprint density at radius 1 is 1.22 bits per heavy atom. The molecule has 0 saturated heterocycles. The zero-order valence-electron chi connectivity index (χ0n) is 12.5. The minimum absolute atomic E-state index is 0.194. The molecule has 9 heteroatoms. The van der Waals surface area contributed by atoms with Gasteiger partial charge in [0.15, 0.2) is 5.82 Å². The molecule has 122 valence electrons. The lowest BCUT2D eigenvalue weighted by atomic mass is 10.2. The lowest BCUT2D eigenvalue weighted by Crippen LogP contribution is -2.34. The summed E-state index contributed by atoms with van der Waals surface area (Å²) < 4.78 is 24.0. The van der Waals surface area contributed by atoms with Crippen LogP contribution in [0.2, 0.25) is 0 Å². The third-order valence-corrected chi connectivity index (χ3v) is 4.18. The van der Waals surface area contributed by atoms with Gasteiger partial charge < -0.3 is 5.32 Å². The van der Waals surface area contributed by atoms with Crippen molar-refractivity contribution in [3.63, 3.8) is 0 Å². The quantitative estimate of drug-likeness (QED) is 0.650. The van der Waals surface area contributed by atoms with E-state index in [-0.39, 0.29) is 6.54 Å². The number of nitrogens with zero attached hydrogens (tertiary/aromatic N) is 3. The van der Waals surface area contributed by atoms with Crippen LogP contribution in [0.15, 0.2) is 24.5 Å². The fourth-order valence-electron chi connectivity index (χ4n) is 2.58. The van der Waals surface area contributed by atoms with E-state index in [0.717, 1.165) is 41.9 Å². The van der Waals surface area contributed by atoms with Crippen molar-refractivity contribution in [3.05, 3.63) is 35.8 Å². The zero-order chi connectivity index (χ0) is 16.3. The third kappa shape index (κ3) is 4.01. The summed E-state index contributed by atoms with van der Waals surface area (Å²) in [5, 5.41) is 8.08. The van der Waals surface area contributed by atoms with E-state index in [4.69, 9.17) is 5.14 Å². The molecule has 0 atom stereocenters. The van der Waals surface area contributed by atoms with Crippen molar-refractivity contribution in [1.82, 2.24) is 19.7 Å². The van der Waals surface area contributed by atoms with Gasteiger partial charge in [-0.2, -0.15) is 8.42 Å². The van der Waals surface area contributed by atoms with E-state index >= 15 is 0 Å². The number of fused-ring (bicyclic) bond motifs is 1. The van der Waals surface area contributed by atoms with Gasteiger partial charge >= 0.3 is 0 Å². The van der Waals surface area contributed by atoms with E-state index in [1.165, 1.54) is 0 Å². The number of aryl methyl sites for hydroxylation is 1. The fourth-order valence-corrected chi connectivity index (χ4v) is 2.96. The predicted molar refractivity (Wildman–Crippen MR) is 86.9 cm³/mol. The van der Waals surface area contributed by atoms with Crippen LogP contribution < -0.4 is 15.2 Å². The van der Waals surface area contributed by atoms with Crippen molar-refractivity contribution in [2.75, 3.05) is 18.4 Å². The number of nitrogens with one attached hydrogen (secondary N) is 2. The van der Waals surface area contributed by atoms with Crippen LogP contribution in [-0.2, 0) is 23.1 Å². The number of rotatable bonds is 6. The van der Waals surface area contributed by atoms with Crippen LogP contribution in [0.25, 0.3) is 11.4 Å². The van der Waals surface area contributed by atoms with Crippen molar-refractivity contribution in [2.24, 2.45) is 5.14 Å². The Labute approximate surface area is 134 Å². The molecular formula is C14H18N6O2S. The highest BCUT2D eigenvalue weighted by atomic mass is 32.2. The number of aromatic nitrogens is 3. The molecule has 23 heavy (non-hydrogen) atoms. The zero-order valence-corrected chi connectivity index (χ0v) is 13.3. The fraction of sp³-hybridized carbons (Fsp3) is 0.357. The molecule has 2 aromatic heterocycles. The van der Waals surface area contributed by atoms with Gasteiger partial charge in [-0.05, 0) is 31.4 Å². The summed E-state index contributed by atoms with van der Waals surface area (Å²) in [6.07, 6.45) is 6.32. The highest BCUT2D eigenvalue weighted by molar-refractivity contribution is 7.87. The first-order chi connectivity index (χ1) is 11.0. The maximum atomic E-state index is 10.9. The van der Waals surface area contributed by atoms with Gasteiger partial charge in [-0.25, -0.2) is 19.8 Å². The summed E-state index contributed by atoms with van der Waals surface area (Å²) in [6.45, 7) is 0.589. The molecule has 3 rings (SSSR count). The van der Waals surface area contributed by atoms with Crippen LogP contribution in [0.3, 0.4) is 0 Å². The monoisotopic (exact) mass is 334 g/mol. The second-order valence-corrected chi connectivity index (χ2v) is 6.66. The van der Waals surface area contributed by atoms with Gasteiger partial charge in [0, 0.05) is 42.3 Å². The van der Waals surface area contributed by atoms with Crippen LogP contribution in [0, 0.1) is 0 Å². The third-order valence-electron chi connectivity index (χ3n) is 3.57. The van der Waals surface area contributed by atoms with Crippen LogP contribution in [0.5, 0.6) is 0 Å². The van der Waals surface area contributed by atoms with Gasteiger partial charge in [-0.1, -0.05) is 0 Å². The first kappa shape index (κ1) is 15.8. The largest absolute Gasteiger partial charge is 0.368 e. The van der Waals surface area contributed by atoms with Gasteiger partial charge in [0.1, 0.15) is 5.82 Å². The minimum Gasteiger partial charge on any atom is -0.368 e. The van der Waals surface area contributed by atoms with Crippen LogP contribution >= 0.6 is 0 Å². The second-order valence-electron chi connectivity index (χ2n) is 5.28. The van der Waals surface area contributed by atoms with Gasteiger partial charge in [0.25, 0.3) is 10.2 Å². The lowest BCUT2D eigenvalue weighted by Gasteiger charge is -2.12. The number of pyridine rings is 1. The summed E-state index contributed by atoms with van der Waals surface area (Å²) in [4.78, 5) is 13.3. The Morgan fingerprint density at radius 2 is 2.09 bits per heavy atom. The number of hydrogen-bond donors (Lipinski definition) is 3. The Balaban J connectivity index is 1.80. The highest BCUT2D eigenvalue weighted by Gasteiger charge is 2.19. The minimum atomic E-state index is -3.67. The van der Waals surface area contributed by atoms with E-state index in [9.17, 15) is 8.42 Å². The molecule has 0 amide bonds. The van der Waals surface area contributed by atoms with Gasteiger partial charge in [-0.15, -0.1) is 0 Å². The van der Waals surface area contributed by atoms with Crippen LogP contribution in [-0.4, -0.2) is 36.5 Å². The maximum Gasteiger partial charge on any atom is 0.274 e. The molecule has 0 radical (unpaired) electrons. The molecule has 0 bridgehead atoms.